The lowest BCUT2D eigenvalue weighted by molar-refractivity contribution is 0.270. The molecule has 0 amide bonds. The van der Waals surface area contributed by atoms with Crippen molar-refractivity contribution in [1.82, 2.24) is 4.90 Å². The molecular weight excluding hydrogens is 250 g/mol. The van der Waals surface area contributed by atoms with Gasteiger partial charge in [-0.25, -0.2) is 0 Å². The molecule has 1 fully saturated rings. The summed E-state index contributed by atoms with van der Waals surface area (Å²) >= 11 is 5.85. The molecule has 1 aliphatic rings. The molecule has 3 nitrogen and oxygen atoms in total. The fraction of sp³-hybridized carbons (Fsp3) is 0.571. The van der Waals surface area contributed by atoms with Crippen molar-refractivity contribution < 1.29 is 9.47 Å². The molecule has 1 aromatic rings. The van der Waals surface area contributed by atoms with E-state index in [1.54, 1.807) is 14.2 Å². The van der Waals surface area contributed by atoms with E-state index in [9.17, 15) is 0 Å². The van der Waals surface area contributed by atoms with E-state index >= 15 is 0 Å². The predicted molar refractivity (Wildman–Crippen MR) is 73.7 cm³/mol. The van der Waals surface area contributed by atoms with E-state index in [2.05, 4.69) is 11.0 Å². The molecule has 4 heteroatoms. The number of hydrogen-bond donors (Lipinski definition) is 0. The van der Waals surface area contributed by atoms with Crippen LogP contribution in [0.3, 0.4) is 0 Å². The van der Waals surface area contributed by atoms with Crippen LogP contribution in [0.15, 0.2) is 18.2 Å². The first-order valence-electron chi connectivity index (χ1n) is 6.29. The van der Waals surface area contributed by atoms with Gasteiger partial charge in [0, 0.05) is 25.0 Å². The molecule has 0 saturated heterocycles. The van der Waals surface area contributed by atoms with Crippen LogP contribution in [0.25, 0.3) is 0 Å². The molecule has 0 heterocycles. The maximum absolute atomic E-state index is 5.85. The van der Waals surface area contributed by atoms with Crippen molar-refractivity contribution in [1.29, 1.82) is 0 Å². The Kier molecular flexibility index (Phi) is 4.72. The lowest BCUT2D eigenvalue weighted by atomic mass is 10.2. The fourth-order valence-corrected chi connectivity index (χ4v) is 2.37. The lowest BCUT2D eigenvalue weighted by Gasteiger charge is -2.21. The zero-order chi connectivity index (χ0) is 13.0. The predicted octanol–water partition coefficient (Wildman–Crippen LogP) is 2.91. The fourth-order valence-electron chi connectivity index (χ4n) is 2.15. The molecule has 1 aliphatic carbocycles. The Balaban J connectivity index is 2.07. The Morgan fingerprint density at radius 3 is 2.50 bits per heavy atom. The maximum Gasteiger partial charge on any atom is 0.161 e. The van der Waals surface area contributed by atoms with Crippen LogP contribution in [0.2, 0.25) is 0 Å². The van der Waals surface area contributed by atoms with Crippen LogP contribution in [0.1, 0.15) is 18.4 Å². The molecule has 0 aliphatic heterocycles. The average Bonchev–Trinajstić information content (AvgIpc) is 3.22. The largest absolute Gasteiger partial charge is 0.493 e. The van der Waals surface area contributed by atoms with Crippen LogP contribution in [0.4, 0.5) is 0 Å². The first kappa shape index (κ1) is 13.5. The first-order chi connectivity index (χ1) is 8.78. The number of alkyl halides is 1. The van der Waals surface area contributed by atoms with Crippen LogP contribution >= 0.6 is 11.6 Å². The minimum absolute atomic E-state index is 0.684. The van der Waals surface area contributed by atoms with Crippen molar-refractivity contribution in [3.05, 3.63) is 23.8 Å². The zero-order valence-corrected chi connectivity index (χ0v) is 11.7. The summed E-state index contributed by atoms with van der Waals surface area (Å²) in [6, 6.07) is 6.81. The number of methoxy groups -OCH3 is 2. The van der Waals surface area contributed by atoms with Gasteiger partial charge in [-0.2, -0.15) is 0 Å². The summed E-state index contributed by atoms with van der Waals surface area (Å²) in [4.78, 5) is 2.44. The van der Waals surface area contributed by atoms with Crippen LogP contribution in [0.5, 0.6) is 11.5 Å². The van der Waals surface area contributed by atoms with Crippen LogP contribution in [-0.2, 0) is 6.54 Å². The SMILES string of the molecule is COc1ccc(CN(CCCl)C2CC2)cc1OC. The Labute approximate surface area is 114 Å². The van der Waals surface area contributed by atoms with E-state index in [-0.39, 0.29) is 0 Å². The van der Waals surface area contributed by atoms with Crippen LogP contribution in [0, 0.1) is 0 Å². The molecule has 0 N–H and O–H groups in total. The molecular formula is C14H20ClNO2. The van der Waals surface area contributed by atoms with E-state index in [1.807, 2.05) is 12.1 Å². The first-order valence-corrected chi connectivity index (χ1v) is 6.83. The van der Waals surface area contributed by atoms with Gasteiger partial charge in [0.2, 0.25) is 0 Å². The summed E-state index contributed by atoms with van der Waals surface area (Å²) in [5.74, 6) is 2.25. The van der Waals surface area contributed by atoms with Crippen LogP contribution in [-0.4, -0.2) is 37.6 Å². The summed E-state index contributed by atoms with van der Waals surface area (Å²) in [6.45, 7) is 1.87. The Bertz CT molecular complexity index is 393. The number of benzene rings is 1. The second-order valence-corrected chi connectivity index (χ2v) is 4.96. The van der Waals surface area contributed by atoms with E-state index in [0.717, 1.165) is 30.6 Å². The summed E-state index contributed by atoms with van der Waals surface area (Å²) in [6.07, 6.45) is 2.59. The van der Waals surface area contributed by atoms with Crippen molar-refractivity contribution in [2.24, 2.45) is 0 Å². The molecule has 0 radical (unpaired) electrons. The Hall–Kier alpha value is -0.930. The smallest absolute Gasteiger partial charge is 0.161 e. The number of nitrogens with zero attached hydrogens (tertiary/aromatic N) is 1. The van der Waals surface area contributed by atoms with E-state index in [0.29, 0.717) is 5.88 Å². The van der Waals surface area contributed by atoms with Crippen molar-refractivity contribution in [2.45, 2.75) is 25.4 Å². The molecule has 2 rings (SSSR count). The van der Waals surface area contributed by atoms with Crippen molar-refractivity contribution >= 4 is 11.6 Å². The van der Waals surface area contributed by atoms with Gasteiger partial charge in [0.1, 0.15) is 0 Å². The standard InChI is InChI=1S/C14H20ClNO2/c1-17-13-6-3-11(9-14(13)18-2)10-16(8-7-15)12-4-5-12/h3,6,9,12H,4-5,7-8,10H2,1-2H3. The normalized spacial score (nSPS) is 14.9. The highest BCUT2D eigenvalue weighted by atomic mass is 35.5. The van der Waals surface area contributed by atoms with Gasteiger partial charge < -0.3 is 9.47 Å². The summed E-state index contributed by atoms with van der Waals surface area (Å²) in [7, 11) is 3.32. The topological polar surface area (TPSA) is 21.7 Å². The Morgan fingerprint density at radius 2 is 1.94 bits per heavy atom. The van der Waals surface area contributed by atoms with Gasteiger partial charge >= 0.3 is 0 Å². The summed E-state index contributed by atoms with van der Waals surface area (Å²) < 4.78 is 10.6. The molecule has 0 aromatic heterocycles. The second-order valence-electron chi connectivity index (χ2n) is 4.58. The molecule has 1 saturated carbocycles. The van der Waals surface area contributed by atoms with Crippen molar-refractivity contribution in [3.8, 4) is 11.5 Å². The lowest BCUT2D eigenvalue weighted by Crippen LogP contribution is -2.27. The van der Waals surface area contributed by atoms with Gasteiger partial charge in [-0.1, -0.05) is 6.07 Å². The van der Waals surface area contributed by atoms with Crippen molar-refractivity contribution in [3.63, 3.8) is 0 Å². The van der Waals surface area contributed by atoms with E-state index in [4.69, 9.17) is 21.1 Å². The molecule has 100 valence electrons. The van der Waals surface area contributed by atoms with Crippen LogP contribution < -0.4 is 9.47 Å². The van der Waals surface area contributed by atoms with Gasteiger partial charge in [0.05, 0.1) is 14.2 Å². The molecule has 0 unspecified atom stereocenters. The number of ether oxygens (including phenoxy) is 2. The quantitative estimate of drug-likeness (QED) is 0.711. The minimum Gasteiger partial charge on any atom is -0.493 e. The highest BCUT2D eigenvalue weighted by Gasteiger charge is 2.28. The second kappa shape index (κ2) is 6.30. The third-order valence-electron chi connectivity index (χ3n) is 3.27. The third-order valence-corrected chi connectivity index (χ3v) is 3.44. The monoisotopic (exact) mass is 269 g/mol. The van der Waals surface area contributed by atoms with Gasteiger partial charge in [0.25, 0.3) is 0 Å². The Morgan fingerprint density at radius 1 is 1.22 bits per heavy atom. The highest BCUT2D eigenvalue weighted by Crippen LogP contribution is 2.31. The van der Waals surface area contributed by atoms with Crippen molar-refractivity contribution in [2.75, 3.05) is 26.6 Å². The summed E-state index contributed by atoms with van der Waals surface area (Å²) in [5, 5.41) is 0. The third kappa shape index (κ3) is 3.30. The van der Waals surface area contributed by atoms with E-state index in [1.165, 1.54) is 18.4 Å². The molecule has 18 heavy (non-hydrogen) atoms. The van der Waals surface area contributed by atoms with Gasteiger partial charge in [-0.05, 0) is 30.5 Å². The molecule has 0 atom stereocenters. The highest BCUT2D eigenvalue weighted by molar-refractivity contribution is 6.18. The maximum atomic E-state index is 5.85. The van der Waals surface area contributed by atoms with Gasteiger partial charge in [-0.15, -0.1) is 11.6 Å². The number of hydrogen-bond acceptors (Lipinski definition) is 3. The van der Waals surface area contributed by atoms with Gasteiger partial charge in [-0.3, -0.25) is 4.90 Å². The molecule has 1 aromatic carbocycles. The molecule has 0 bridgehead atoms. The van der Waals surface area contributed by atoms with Gasteiger partial charge in [0.15, 0.2) is 11.5 Å². The molecule has 0 spiro atoms. The summed E-state index contributed by atoms with van der Waals surface area (Å²) in [5.41, 5.74) is 1.24. The average molecular weight is 270 g/mol. The number of rotatable bonds is 7. The zero-order valence-electron chi connectivity index (χ0n) is 11.0. The number of halogens is 1. The minimum atomic E-state index is 0.684. The van der Waals surface area contributed by atoms with E-state index < -0.39 is 0 Å².